The SMILES string of the molecule is COCC[C@H](NC(=O)[C@@H]1CCCN(C(=O)/C=C/C2CCN(C(=O)OC(C)(C)C)CC2)C1)C(=O)OC. The molecule has 1 N–H and O–H groups in total. The van der Waals surface area contributed by atoms with E-state index >= 15 is 0 Å². The van der Waals surface area contributed by atoms with E-state index in [1.807, 2.05) is 26.8 Å². The lowest BCUT2D eigenvalue weighted by molar-refractivity contribution is -0.146. The largest absolute Gasteiger partial charge is 0.467 e. The van der Waals surface area contributed by atoms with Crippen LogP contribution in [0, 0.1) is 11.8 Å². The quantitative estimate of drug-likeness (QED) is 0.405. The minimum absolute atomic E-state index is 0.124. The van der Waals surface area contributed by atoms with Crippen molar-refractivity contribution in [2.24, 2.45) is 11.8 Å². The third kappa shape index (κ3) is 9.51. The number of nitrogens with one attached hydrogen (secondary N) is 1. The van der Waals surface area contributed by atoms with E-state index in [0.717, 1.165) is 12.8 Å². The maximum Gasteiger partial charge on any atom is 0.410 e. The molecule has 3 amide bonds. The normalized spacial score (nSPS) is 20.4. The van der Waals surface area contributed by atoms with E-state index in [4.69, 9.17) is 14.2 Å². The zero-order valence-electron chi connectivity index (χ0n) is 21.7. The lowest BCUT2D eigenvalue weighted by Gasteiger charge is -2.33. The summed E-state index contributed by atoms with van der Waals surface area (Å²) in [7, 11) is 2.81. The van der Waals surface area contributed by atoms with Gasteiger partial charge < -0.3 is 29.3 Å². The highest BCUT2D eigenvalue weighted by Crippen LogP contribution is 2.22. The number of methoxy groups -OCH3 is 2. The molecule has 0 aromatic heterocycles. The minimum atomic E-state index is -0.773. The zero-order chi connectivity index (χ0) is 26.0. The average Bonchev–Trinajstić information content (AvgIpc) is 2.83. The number of hydrogen-bond acceptors (Lipinski definition) is 7. The smallest absolute Gasteiger partial charge is 0.410 e. The van der Waals surface area contributed by atoms with Crippen molar-refractivity contribution in [1.29, 1.82) is 0 Å². The van der Waals surface area contributed by atoms with Crippen LogP contribution in [-0.2, 0) is 28.6 Å². The fourth-order valence-electron chi connectivity index (χ4n) is 4.23. The van der Waals surface area contributed by atoms with Crippen molar-refractivity contribution in [3.63, 3.8) is 0 Å². The second kappa shape index (κ2) is 13.5. The highest BCUT2D eigenvalue weighted by Gasteiger charge is 2.31. The number of nitrogens with zero attached hydrogens (tertiary/aromatic N) is 2. The molecule has 10 nitrogen and oxygen atoms in total. The number of likely N-dealkylation sites (tertiary alicyclic amines) is 2. The van der Waals surface area contributed by atoms with E-state index in [1.54, 1.807) is 15.9 Å². The number of carbonyl (C=O) groups is 4. The number of carbonyl (C=O) groups excluding carboxylic acids is 4. The summed E-state index contributed by atoms with van der Waals surface area (Å²) in [6, 6.07) is -0.773. The van der Waals surface area contributed by atoms with E-state index in [-0.39, 0.29) is 29.7 Å². The second-order valence-corrected chi connectivity index (χ2v) is 10.2. The van der Waals surface area contributed by atoms with Crippen LogP contribution in [0.4, 0.5) is 4.79 Å². The first kappa shape index (κ1) is 28.6. The van der Waals surface area contributed by atoms with Gasteiger partial charge in [0.05, 0.1) is 13.0 Å². The molecule has 0 radical (unpaired) electrons. The lowest BCUT2D eigenvalue weighted by Crippen LogP contribution is -2.49. The Labute approximate surface area is 208 Å². The van der Waals surface area contributed by atoms with Gasteiger partial charge in [0, 0.05) is 46.3 Å². The van der Waals surface area contributed by atoms with Gasteiger partial charge in [-0.25, -0.2) is 9.59 Å². The van der Waals surface area contributed by atoms with Crippen LogP contribution >= 0.6 is 0 Å². The maximum absolute atomic E-state index is 12.8. The fourth-order valence-corrected chi connectivity index (χ4v) is 4.23. The molecule has 0 aliphatic carbocycles. The highest BCUT2D eigenvalue weighted by molar-refractivity contribution is 5.89. The first-order valence-corrected chi connectivity index (χ1v) is 12.4. The highest BCUT2D eigenvalue weighted by atomic mass is 16.6. The molecule has 35 heavy (non-hydrogen) atoms. The Balaban J connectivity index is 1.83. The Morgan fingerprint density at radius 1 is 1.03 bits per heavy atom. The molecule has 2 fully saturated rings. The van der Waals surface area contributed by atoms with Crippen LogP contribution in [0.2, 0.25) is 0 Å². The van der Waals surface area contributed by atoms with Crippen LogP contribution in [-0.4, -0.2) is 92.3 Å². The molecule has 2 heterocycles. The summed E-state index contributed by atoms with van der Waals surface area (Å²) >= 11 is 0. The van der Waals surface area contributed by atoms with Gasteiger partial charge in [0.25, 0.3) is 0 Å². The Bertz CT molecular complexity index is 770. The third-order valence-electron chi connectivity index (χ3n) is 6.22. The third-order valence-corrected chi connectivity index (χ3v) is 6.22. The van der Waals surface area contributed by atoms with Gasteiger partial charge in [0.15, 0.2) is 0 Å². The molecule has 2 rings (SSSR count). The molecule has 0 spiro atoms. The van der Waals surface area contributed by atoms with Crippen molar-refractivity contribution >= 4 is 23.9 Å². The van der Waals surface area contributed by atoms with Gasteiger partial charge in [-0.3, -0.25) is 9.59 Å². The van der Waals surface area contributed by atoms with E-state index in [2.05, 4.69) is 5.32 Å². The van der Waals surface area contributed by atoms with Crippen LogP contribution in [0.5, 0.6) is 0 Å². The molecule has 0 aromatic rings. The molecular formula is C25H41N3O7. The molecule has 10 heteroatoms. The Morgan fingerprint density at radius 3 is 2.31 bits per heavy atom. The molecule has 2 aliphatic heterocycles. The van der Waals surface area contributed by atoms with Gasteiger partial charge >= 0.3 is 12.1 Å². The number of rotatable bonds is 8. The average molecular weight is 496 g/mol. The first-order chi connectivity index (χ1) is 16.5. The summed E-state index contributed by atoms with van der Waals surface area (Å²) in [4.78, 5) is 53.1. The molecule has 2 saturated heterocycles. The van der Waals surface area contributed by atoms with Gasteiger partial charge in [0.2, 0.25) is 11.8 Å². The van der Waals surface area contributed by atoms with Crippen LogP contribution in [0.3, 0.4) is 0 Å². The zero-order valence-corrected chi connectivity index (χ0v) is 21.7. The summed E-state index contributed by atoms with van der Waals surface area (Å²) in [6.45, 7) is 7.94. The van der Waals surface area contributed by atoms with Crippen molar-refractivity contribution in [2.75, 3.05) is 47.0 Å². The number of allylic oxidation sites excluding steroid dienone is 1. The molecule has 198 valence electrons. The fraction of sp³-hybridized carbons (Fsp3) is 0.760. The monoisotopic (exact) mass is 495 g/mol. The van der Waals surface area contributed by atoms with Gasteiger partial charge in [-0.05, 0) is 58.4 Å². The van der Waals surface area contributed by atoms with Crippen molar-refractivity contribution in [3.05, 3.63) is 12.2 Å². The van der Waals surface area contributed by atoms with E-state index < -0.39 is 17.6 Å². The Kier molecular flexibility index (Phi) is 11.0. The van der Waals surface area contributed by atoms with E-state index in [0.29, 0.717) is 52.0 Å². The van der Waals surface area contributed by atoms with Crippen LogP contribution < -0.4 is 5.32 Å². The van der Waals surface area contributed by atoms with E-state index in [1.165, 1.54) is 14.2 Å². The summed E-state index contributed by atoms with van der Waals surface area (Å²) in [5, 5.41) is 2.75. The van der Waals surface area contributed by atoms with Crippen molar-refractivity contribution in [2.45, 2.75) is 64.5 Å². The topological polar surface area (TPSA) is 114 Å². The van der Waals surface area contributed by atoms with Gasteiger partial charge in [0.1, 0.15) is 11.6 Å². The summed E-state index contributed by atoms with van der Waals surface area (Å²) < 4.78 is 15.2. The number of ether oxygens (including phenoxy) is 3. The van der Waals surface area contributed by atoms with Crippen molar-refractivity contribution in [1.82, 2.24) is 15.1 Å². The summed E-state index contributed by atoms with van der Waals surface area (Å²) in [5.74, 6) is -1.07. The maximum atomic E-state index is 12.8. The second-order valence-electron chi connectivity index (χ2n) is 10.2. The predicted octanol–water partition coefficient (Wildman–Crippen LogP) is 2.12. The predicted molar refractivity (Wildman–Crippen MR) is 129 cm³/mol. The van der Waals surface area contributed by atoms with Gasteiger partial charge in [-0.1, -0.05) is 6.08 Å². The van der Waals surface area contributed by atoms with Crippen molar-refractivity contribution in [3.8, 4) is 0 Å². The molecule has 0 bridgehead atoms. The van der Waals surface area contributed by atoms with Gasteiger partial charge in [-0.2, -0.15) is 0 Å². The molecule has 2 aliphatic rings. The number of hydrogen-bond donors (Lipinski definition) is 1. The summed E-state index contributed by atoms with van der Waals surface area (Å²) in [5.41, 5.74) is -0.520. The molecule has 0 aromatic carbocycles. The van der Waals surface area contributed by atoms with Crippen LogP contribution in [0.15, 0.2) is 12.2 Å². The molecule has 2 atom stereocenters. The molecule has 0 saturated carbocycles. The first-order valence-electron chi connectivity index (χ1n) is 12.4. The standard InChI is InChI=1S/C25H41N3O7/c1-25(2,3)35-24(32)27-14-10-18(11-15-27)8-9-21(29)28-13-6-7-19(17-28)22(30)26-20(12-16-33-4)23(31)34-5/h8-9,18-20H,6-7,10-17H2,1-5H3,(H,26,30)/b9-8+/t19-,20+/m1/s1. The molecule has 0 unspecified atom stereocenters. The van der Waals surface area contributed by atoms with Crippen molar-refractivity contribution < 1.29 is 33.4 Å². The lowest BCUT2D eigenvalue weighted by atomic mass is 9.95. The van der Waals surface area contributed by atoms with Crippen LogP contribution in [0.1, 0.15) is 52.9 Å². The van der Waals surface area contributed by atoms with Crippen LogP contribution in [0.25, 0.3) is 0 Å². The number of piperidine rings is 2. The minimum Gasteiger partial charge on any atom is -0.467 e. The summed E-state index contributed by atoms with van der Waals surface area (Å²) in [6.07, 6.45) is 6.42. The van der Waals surface area contributed by atoms with Gasteiger partial charge in [-0.15, -0.1) is 0 Å². The Hall–Kier alpha value is -2.62. The molecular weight excluding hydrogens is 454 g/mol. The number of esters is 1. The Morgan fingerprint density at radius 2 is 1.71 bits per heavy atom. The van der Waals surface area contributed by atoms with E-state index in [9.17, 15) is 19.2 Å². The number of amides is 3.